The van der Waals surface area contributed by atoms with Gasteiger partial charge in [0.15, 0.2) is 0 Å². The average molecular weight is 304 g/mol. The summed E-state index contributed by atoms with van der Waals surface area (Å²) in [5.41, 5.74) is 2.49. The number of halogens is 1. The molecule has 2 N–H and O–H groups in total. The van der Waals surface area contributed by atoms with Gasteiger partial charge in [-0.1, -0.05) is 48.0 Å². The molecule has 110 valence electrons. The highest BCUT2D eigenvalue weighted by Gasteiger charge is 2.15. The Morgan fingerprint density at radius 2 is 1.95 bits per heavy atom. The molecule has 0 fully saturated rings. The Labute approximate surface area is 129 Å². The van der Waals surface area contributed by atoms with Crippen LogP contribution in [0.3, 0.4) is 0 Å². The lowest BCUT2D eigenvalue weighted by Gasteiger charge is -2.17. The SMILES string of the molecule is Cc1ccc(C(=O)N[C@H](CO)Cc2ccccc2)c(Cl)c1. The second kappa shape index (κ2) is 7.25. The van der Waals surface area contributed by atoms with E-state index in [1.165, 1.54) is 0 Å². The monoisotopic (exact) mass is 303 g/mol. The van der Waals surface area contributed by atoms with Crippen molar-refractivity contribution in [3.63, 3.8) is 0 Å². The molecule has 0 bridgehead atoms. The van der Waals surface area contributed by atoms with Gasteiger partial charge in [0, 0.05) is 0 Å². The van der Waals surface area contributed by atoms with Gasteiger partial charge >= 0.3 is 0 Å². The van der Waals surface area contributed by atoms with Gasteiger partial charge in [-0.3, -0.25) is 4.79 Å². The number of aliphatic hydroxyl groups is 1. The van der Waals surface area contributed by atoms with Crippen LogP contribution in [0.1, 0.15) is 21.5 Å². The first-order valence-electron chi connectivity index (χ1n) is 6.82. The fourth-order valence-electron chi connectivity index (χ4n) is 2.13. The van der Waals surface area contributed by atoms with Crippen LogP contribution in [0, 0.1) is 6.92 Å². The second-order valence-corrected chi connectivity index (χ2v) is 5.43. The fraction of sp³-hybridized carbons (Fsp3) is 0.235. The minimum Gasteiger partial charge on any atom is -0.394 e. The van der Waals surface area contributed by atoms with Gasteiger partial charge in [-0.25, -0.2) is 0 Å². The zero-order valence-corrected chi connectivity index (χ0v) is 12.6. The Morgan fingerprint density at radius 3 is 2.57 bits per heavy atom. The van der Waals surface area contributed by atoms with Crippen LogP contribution >= 0.6 is 11.6 Å². The van der Waals surface area contributed by atoms with E-state index in [0.29, 0.717) is 17.0 Å². The van der Waals surface area contributed by atoms with Gasteiger partial charge in [0.2, 0.25) is 0 Å². The van der Waals surface area contributed by atoms with E-state index in [4.69, 9.17) is 11.6 Å². The van der Waals surface area contributed by atoms with E-state index in [9.17, 15) is 9.90 Å². The number of aryl methyl sites for hydroxylation is 1. The number of aliphatic hydroxyl groups excluding tert-OH is 1. The quantitative estimate of drug-likeness (QED) is 0.892. The van der Waals surface area contributed by atoms with E-state index in [2.05, 4.69) is 5.32 Å². The highest BCUT2D eigenvalue weighted by molar-refractivity contribution is 6.33. The van der Waals surface area contributed by atoms with Crippen molar-refractivity contribution in [2.24, 2.45) is 0 Å². The average Bonchev–Trinajstić information content (AvgIpc) is 2.47. The number of nitrogens with one attached hydrogen (secondary N) is 1. The van der Waals surface area contributed by atoms with Gasteiger partial charge < -0.3 is 10.4 Å². The van der Waals surface area contributed by atoms with Crippen LogP contribution in [0.25, 0.3) is 0 Å². The molecule has 0 saturated carbocycles. The fourth-order valence-corrected chi connectivity index (χ4v) is 2.45. The summed E-state index contributed by atoms with van der Waals surface area (Å²) in [5, 5.41) is 12.7. The first kappa shape index (κ1) is 15.5. The van der Waals surface area contributed by atoms with Crippen molar-refractivity contribution in [3.8, 4) is 0 Å². The zero-order chi connectivity index (χ0) is 15.2. The largest absolute Gasteiger partial charge is 0.394 e. The molecule has 0 aromatic heterocycles. The Bertz CT molecular complexity index is 613. The summed E-state index contributed by atoms with van der Waals surface area (Å²) in [4.78, 5) is 12.2. The molecule has 0 spiro atoms. The van der Waals surface area contributed by atoms with Crippen LogP contribution in [0.4, 0.5) is 0 Å². The van der Waals surface area contributed by atoms with Gasteiger partial charge in [0.1, 0.15) is 0 Å². The second-order valence-electron chi connectivity index (χ2n) is 5.03. The van der Waals surface area contributed by atoms with Gasteiger partial charge in [-0.05, 0) is 36.6 Å². The van der Waals surface area contributed by atoms with Crippen molar-refractivity contribution in [3.05, 3.63) is 70.2 Å². The molecule has 1 atom stereocenters. The summed E-state index contributed by atoms with van der Waals surface area (Å²) in [5.74, 6) is -0.269. The van der Waals surface area contributed by atoms with Crippen molar-refractivity contribution >= 4 is 17.5 Å². The molecule has 1 amide bonds. The number of carbonyl (C=O) groups excluding carboxylic acids is 1. The van der Waals surface area contributed by atoms with E-state index >= 15 is 0 Å². The van der Waals surface area contributed by atoms with Crippen molar-refractivity contribution in [2.75, 3.05) is 6.61 Å². The molecular formula is C17H18ClNO2. The Hall–Kier alpha value is -1.84. The normalized spacial score (nSPS) is 12.0. The van der Waals surface area contributed by atoms with E-state index in [1.807, 2.05) is 43.3 Å². The van der Waals surface area contributed by atoms with E-state index in [-0.39, 0.29) is 18.6 Å². The molecular weight excluding hydrogens is 286 g/mol. The topological polar surface area (TPSA) is 49.3 Å². The molecule has 2 rings (SSSR count). The van der Waals surface area contributed by atoms with Crippen molar-refractivity contribution in [1.29, 1.82) is 0 Å². The smallest absolute Gasteiger partial charge is 0.253 e. The molecule has 0 aliphatic carbocycles. The third-order valence-corrected chi connectivity index (χ3v) is 3.56. The maximum atomic E-state index is 12.2. The lowest BCUT2D eigenvalue weighted by atomic mass is 10.1. The molecule has 2 aromatic carbocycles. The van der Waals surface area contributed by atoms with Crippen molar-refractivity contribution < 1.29 is 9.90 Å². The first-order chi connectivity index (χ1) is 10.1. The highest BCUT2D eigenvalue weighted by Crippen LogP contribution is 2.17. The summed E-state index contributed by atoms with van der Waals surface area (Å²) in [6.45, 7) is 1.80. The number of carbonyl (C=O) groups is 1. The Kier molecular flexibility index (Phi) is 5.37. The van der Waals surface area contributed by atoms with E-state index in [1.54, 1.807) is 12.1 Å². The van der Waals surface area contributed by atoms with Crippen LogP contribution in [0.5, 0.6) is 0 Å². The molecule has 4 heteroatoms. The summed E-state index contributed by atoms with van der Waals surface area (Å²) < 4.78 is 0. The van der Waals surface area contributed by atoms with Gasteiger partial charge in [0.25, 0.3) is 5.91 Å². The Balaban J connectivity index is 2.06. The summed E-state index contributed by atoms with van der Waals surface area (Å²) in [6.07, 6.45) is 0.576. The molecule has 0 aliphatic rings. The zero-order valence-electron chi connectivity index (χ0n) is 11.8. The summed E-state index contributed by atoms with van der Waals surface area (Å²) >= 11 is 6.09. The maximum Gasteiger partial charge on any atom is 0.253 e. The standard InChI is InChI=1S/C17H18ClNO2/c1-12-7-8-15(16(18)9-12)17(21)19-14(11-20)10-13-5-3-2-4-6-13/h2-9,14,20H,10-11H2,1H3,(H,19,21)/t14-/m0/s1. The molecule has 0 radical (unpaired) electrons. The molecule has 0 heterocycles. The summed E-state index contributed by atoms with van der Waals surface area (Å²) in [7, 11) is 0. The van der Waals surface area contributed by atoms with Crippen molar-refractivity contribution in [2.45, 2.75) is 19.4 Å². The predicted octanol–water partition coefficient (Wildman–Crippen LogP) is 2.98. The lowest BCUT2D eigenvalue weighted by molar-refractivity contribution is 0.0916. The summed E-state index contributed by atoms with van der Waals surface area (Å²) in [6, 6.07) is 14.7. The Morgan fingerprint density at radius 1 is 1.24 bits per heavy atom. The van der Waals surface area contributed by atoms with Crippen LogP contribution in [0.2, 0.25) is 5.02 Å². The number of benzene rings is 2. The lowest BCUT2D eigenvalue weighted by Crippen LogP contribution is -2.39. The highest BCUT2D eigenvalue weighted by atomic mass is 35.5. The van der Waals surface area contributed by atoms with Gasteiger partial charge in [0.05, 0.1) is 23.2 Å². The predicted molar refractivity (Wildman–Crippen MR) is 84.7 cm³/mol. The third-order valence-electron chi connectivity index (χ3n) is 3.25. The van der Waals surface area contributed by atoms with Gasteiger partial charge in [-0.2, -0.15) is 0 Å². The third kappa shape index (κ3) is 4.31. The molecule has 0 saturated heterocycles. The molecule has 21 heavy (non-hydrogen) atoms. The van der Waals surface area contributed by atoms with Crippen LogP contribution in [-0.4, -0.2) is 23.7 Å². The first-order valence-corrected chi connectivity index (χ1v) is 7.19. The van der Waals surface area contributed by atoms with Gasteiger partial charge in [-0.15, -0.1) is 0 Å². The van der Waals surface area contributed by atoms with E-state index in [0.717, 1.165) is 11.1 Å². The molecule has 0 aliphatic heterocycles. The van der Waals surface area contributed by atoms with Crippen molar-refractivity contribution in [1.82, 2.24) is 5.32 Å². The molecule has 0 unspecified atom stereocenters. The minimum atomic E-state index is -0.336. The van der Waals surface area contributed by atoms with Crippen LogP contribution in [-0.2, 0) is 6.42 Å². The van der Waals surface area contributed by atoms with Crippen LogP contribution in [0.15, 0.2) is 48.5 Å². The number of amides is 1. The number of rotatable bonds is 5. The maximum absolute atomic E-state index is 12.2. The number of hydrogen-bond donors (Lipinski definition) is 2. The molecule has 3 nitrogen and oxygen atoms in total. The number of hydrogen-bond acceptors (Lipinski definition) is 2. The van der Waals surface area contributed by atoms with E-state index < -0.39 is 0 Å². The molecule has 2 aromatic rings. The van der Waals surface area contributed by atoms with Crippen LogP contribution < -0.4 is 5.32 Å². The minimum absolute atomic E-state index is 0.121.